The minimum absolute atomic E-state index is 0.255. The minimum atomic E-state index is -0.320. The van der Waals surface area contributed by atoms with Crippen molar-refractivity contribution >= 4 is 11.9 Å². The number of hydrogen-bond donors (Lipinski definition) is 1. The van der Waals surface area contributed by atoms with Gasteiger partial charge in [0.25, 0.3) is 5.91 Å². The van der Waals surface area contributed by atoms with Crippen LogP contribution in [0.1, 0.15) is 44.8 Å². The summed E-state index contributed by atoms with van der Waals surface area (Å²) >= 11 is 0. The molecule has 1 amide bonds. The Bertz CT molecular complexity index is 953. The maximum atomic E-state index is 12.2. The van der Waals surface area contributed by atoms with E-state index in [1.54, 1.807) is 35.1 Å². The molecule has 0 unspecified atom stereocenters. The van der Waals surface area contributed by atoms with E-state index in [0.717, 1.165) is 17.5 Å². The van der Waals surface area contributed by atoms with Crippen molar-refractivity contribution in [1.82, 2.24) is 20.3 Å². The Hall–Kier alpha value is -3.48. The van der Waals surface area contributed by atoms with Crippen LogP contribution in [0, 0.1) is 6.92 Å². The molecule has 0 aliphatic rings. The lowest BCUT2D eigenvalue weighted by atomic mass is 10.1. The second-order valence-corrected chi connectivity index (χ2v) is 6.75. The molecule has 0 saturated carbocycles. The number of nitrogens with one attached hydrogen (secondary N) is 1. The van der Waals surface area contributed by atoms with Crippen molar-refractivity contribution in [2.45, 2.75) is 32.9 Å². The maximum absolute atomic E-state index is 12.2. The van der Waals surface area contributed by atoms with Crippen LogP contribution in [0.25, 0.3) is 0 Å². The highest BCUT2D eigenvalue weighted by Crippen LogP contribution is 2.05. The maximum Gasteiger partial charge on any atom is 0.338 e. The first-order valence-corrected chi connectivity index (χ1v) is 9.58. The summed E-state index contributed by atoms with van der Waals surface area (Å²) in [6.45, 7) is 3.40. The van der Waals surface area contributed by atoms with E-state index < -0.39 is 0 Å². The number of esters is 1. The van der Waals surface area contributed by atoms with E-state index in [9.17, 15) is 9.59 Å². The van der Waals surface area contributed by atoms with Crippen LogP contribution in [0.2, 0.25) is 0 Å². The summed E-state index contributed by atoms with van der Waals surface area (Å²) in [5, 5.41) is 10.8. The molecule has 1 aromatic heterocycles. The van der Waals surface area contributed by atoms with Gasteiger partial charge in [-0.05, 0) is 37.5 Å². The normalized spacial score (nSPS) is 10.5. The predicted molar refractivity (Wildman–Crippen MR) is 108 cm³/mol. The molecule has 1 N–H and O–H groups in total. The number of aromatic nitrogens is 3. The number of carbonyl (C=O) groups excluding carboxylic acids is 2. The highest BCUT2D eigenvalue weighted by atomic mass is 16.5. The quantitative estimate of drug-likeness (QED) is 0.447. The number of unbranched alkanes of at least 4 members (excludes halogenated alkanes) is 1. The molecule has 3 aromatic rings. The van der Waals surface area contributed by atoms with Crippen molar-refractivity contribution in [2.75, 3.05) is 6.61 Å². The molecule has 7 heteroatoms. The number of hydrogen-bond acceptors (Lipinski definition) is 5. The number of amides is 1. The van der Waals surface area contributed by atoms with Gasteiger partial charge in [-0.25, -0.2) is 4.79 Å². The number of rotatable bonds is 9. The average molecular weight is 392 g/mol. The first-order valence-electron chi connectivity index (χ1n) is 9.58. The summed E-state index contributed by atoms with van der Waals surface area (Å²) in [5.41, 5.74) is 3.02. The first kappa shape index (κ1) is 20.3. The van der Waals surface area contributed by atoms with E-state index in [4.69, 9.17) is 4.74 Å². The molecule has 1 heterocycles. The highest BCUT2D eigenvalue weighted by Gasteiger charge is 2.11. The second kappa shape index (κ2) is 10.2. The van der Waals surface area contributed by atoms with Crippen molar-refractivity contribution in [3.05, 3.63) is 83.2 Å². The molecule has 0 spiro atoms. The summed E-state index contributed by atoms with van der Waals surface area (Å²) in [7, 11) is 0. The van der Waals surface area contributed by atoms with Crippen LogP contribution >= 0.6 is 0 Å². The molecule has 0 radical (unpaired) electrons. The number of ether oxygens (including phenoxy) is 1. The molecular weight excluding hydrogens is 368 g/mol. The zero-order valence-corrected chi connectivity index (χ0v) is 16.4. The zero-order chi connectivity index (χ0) is 20.5. The topological polar surface area (TPSA) is 86.1 Å². The van der Waals surface area contributed by atoms with Gasteiger partial charge in [0.2, 0.25) is 0 Å². The summed E-state index contributed by atoms with van der Waals surface area (Å²) in [5.74, 6) is -0.575. The third-order valence-corrected chi connectivity index (χ3v) is 4.33. The van der Waals surface area contributed by atoms with Crippen molar-refractivity contribution < 1.29 is 14.3 Å². The second-order valence-electron chi connectivity index (χ2n) is 6.75. The molecule has 7 nitrogen and oxygen atoms in total. The minimum Gasteiger partial charge on any atom is -0.462 e. The fourth-order valence-electron chi connectivity index (χ4n) is 2.81. The molecule has 0 bridgehead atoms. The summed E-state index contributed by atoms with van der Waals surface area (Å²) in [4.78, 5) is 24.1. The van der Waals surface area contributed by atoms with Gasteiger partial charge in [0, 0.05) is 13.1 Å². The monoisotopic (exact) mass is 392 g/mol. The fraction of sp³-hybridized carbons (Fsp3) is 0.273. The van der Waals surface area contributed by atoms with E-state index in [1.807, 2.05) is 37.3 Å². The molecule has 0 saturated heterocycles. The van der Waals surface area contributed by atoms with Crippen LogP contribution in [0.3, 0.4) is 0 Å². The molecule has 0 atom stereocenters. The van der Waals surface area contributed by atoms with Crippen molar-refractivity contribution in [3.63, 3.8) is 0 Å². The van der Waals surface area contributed by atoms with E-state index in [0.29, 0.717) is 31.7 Å². The smallest absolute Gasteiger partial charge is 0.338 e. The van der Waals surface area contributed by atoms with E-state index >= 15 is 0 Å². The summed E-state index contributed by atoms with van der Waals surface area (Å²) in [6, 6.07) is 16.9. The number of benzene rings is 2. The van der Waals surface area contributed by atoms with Gasteiger partial charge in [-0.2, -0.15) is 0 Å². The predicted octanol–water partition coefficient (Wildman–Crippen LogP) is 3.15. The van der Waals surface area contributed by atoms with E-state index in [2.05, 4.69) is 15.6 Å². The molecule has 29 heavy (non-hydrogen) atoms. The van der Waals surface area contributed by atoms with Gasteiger partial charge in [-0.1, -0.05) is 53.2 Å². The van der Waals surface area contributed by atoms with Crippen LogP contribution in [0.5, 0.6) is 0 Å². The third-order valence-electron chi connectivity index (χ3n) is 4.33. The fourth-order valence-corrected chi connectivity index (χ4v) is 2.81. The third kappa shape index (κ3) is 6.27. The van der Waals surface area contributed by atoms with Crippen LogP contribution in [-0.2, 0) is 17.8 Å². The molecule has 0 fully saturated rings. The number of aryl methyl sites for hydroxylation is 2. The number of nitrogens with zero attached hydrogens (tertiary/aromatic N) is 3. The molecule has 0 aliphatic carbocycles. The van der Waals surface area contributed by atoms with Gasteiger partial charge in [-0.3, -0.25) is 9.48 Å². The Labute approximate surface area is 169 Å². The van der Waals surface area contributed by atoms with E-state index in [-0.39, 0.29) is 17.6 Å². The molecule has 0 aliphatic heterocycles. The molecule has 150 valence electrons. The first-order chi connectivity index (χ1) is 14.1. The number of carbonyl (C=O) groups is 2. The van der Waals surface area contributed by atoms with Crippen molar-refractivity contribution in [2.24, 2.45) is 0 Å². The summed E-state index contributed by atoms with van der Waals surface area (Å²) < 4.78 is 6.87. The van der Waals surface area contributed by atoms with Crippen LogP contribution in [0.4, 0.5) is 0 Å². The van der Waals surface area contributed by atoms with Gasteiger partial charge in [0.05, 0.1) is 18.4 Å². The van der Waals surface area contributed by atoms with Crippen LogP contribution < -0.4 is 5.32 Å². The molecular formula is C22H24N4O3. The Morgan fingerprint density at radius 1 is 1.07 bits per heavy atom. The lowest BCUT2D eigenvalue weighted by Gasteiger charge is -2.05. The van der Waals surface area contributed by atoms with Gasteiger partial charge in [0.1, 0.15) is 0 Å². The van der Waals surface area contributed by atoms with Crippen molar-refractivity contribution in [1.29, 1.82) is 0 Å². The highest BCUT2D eigenvalue weighted by molar-refractivity contribution is 5.91. The lowest BCUT2D eigenvalue weighted by Crippen LogP contribution is -2.23. The standard InChI is InChI=1S/C22H24N4O3/c1-17-8-7-9-18(14-17)15-23-21(27)20-16-26(25-24-20)12-5-6-13-29-22(28)19-10-3-2-4-11-19/h2-4,7-11,14,16H,5-6,12-13,15H2,1H3,(H,23,27). The van der Waals surface area contributed by atoms with Gasteiger partial charge >= 0.3 is 5.97 Å². The molecule has 2 aromatic carbocycles. The van der Waals surface area contributed by atoms with Crippen molar-refractivity contribution in [3.8, 4) is 0 Å². The SMILES string of the molecule is Cc1cccc(CNC(=O)c2cn(CCCCOC(=O)c3ccccc3)nn2)c1. The molecule has 3 rings (SSSR count). The largest absolute Gasteiger partial charge is 0.462 e. The zero-order valence-electron chi connectivity index (χ0n) is 16.4. The van der Waals surface area contributed by atoms with Gasteiger partial charge < -0.3 is 10.1 Å². The lowest BCUT2D eigenvalue weighted by molar-refractivity contribution is 0.0496. The van der Waals surface area contributed by atoms with Gasteiger partial charge in [-0.15, -0.1) is 5.10 Å². The van der Waals surface area contributed by atoms with Crippen LogP contribution in [-0.4, -0.2) is 33.5 Å². The summed E-state index contributed by atoms with van der Waals surface area (Å²) in [6.07, 6.45) is 3.09. The van der Waals surface area contributed by atoms with Gasteiger partial charge in [0.15, 0.2) is 5.69 Å². The average Bonchev–Trinajstić information content (AvgIpc) is 3.21. The Morgan fingerprint density at radius 2 is 1.90 bits per heavy atom. The Kier molecular flexibility index (Phi) is 7.10. The Balaban J connectivity index is 1.36. The van der Waals surface area contributed by atoms with E-state index in [1.165, 1.54) is 0 Å². The van der Waals surface area contributed by atoms with Crippen LogP contribution in [0.15, 0.2) is 60.8 Å². The Morgan fingerprint density at radius 3 is 2.69 bits per heavy atom.